The number of carbonyl (C=O) groups excluding carboxylic acids is 2. The van der Waals surface area contributed by atoms with Crippen LogP contribution in [0.2, 0.25) is 0 Å². The van der Waals surface area contributed by atoms with Gasteiger partial charge in [0.15, 0.2) is 6.61 Å². The Bertz CT molecular complexity index is 1040. The molecule has 1 aromatic heterocycles. The van der Waals surface area contributed by atoms with Crippen LogP contribution in [0.3, 0.4) is 0 Å². The maximum Gasteiger partial charge on any atom is 0.255 e. The van der Waals surface area contributed by atoms with Crippen molar-refractivity contribution in [2.75, 3.05) is 19.0 Å². The summed E-state index contributed by atoms with van der Waals surface area (Å²) >= 11 is 1.39. The molecule has 0 fully saturated rings. The molecule has 3 aromatic rings. The number of hydrogen-bond donors (Lipinski definition) is 2. The van der Waals surface area contributed by atoms with Crippen molar-refractivity contribution in [3.8, 4) is 22.8 Å². The van der Waals surface area contributed by atoms with Crippen molar-refractivity contribution in [1.29, 1.82) is 0 Å². The smallest absolute Gasteiger partial charge is 0.255 e. The van der Waals surface area contributed by atoms with E-state index in [1.165, 1.54) is 11.5 Å². The van der Waals surface area contributed by atoms with Crippen LogP contribution in [0.1, 0.15) is 22.8 Å². The minimum absolute atomic E-state index is 0.0495. The molecule has 2 amide bonds. The summed E-state index contributed by atoms with van der Waals surface area (Å²) in [6.07, 6.45) is 0.346. The van der Waals surface area contributed by atoms with Gasteiger partial charge in [0.1, 0.15) is 17.2 Å². The number of carbonyl (C=O) groups is 2. The lowest BCUT2D eigenvalue weighted by Crippen LogP contribution is -2.22. The first-order chi connectivity index (χ1) is 14.0. The molecule has 1 atom stereocenters. The number of anilines is 1. The summed E-state index contributed by atoms with van der Waals surface area (Å²) in [6, 6.07) is 14.9. The maximum absolute atomic E-state index is 12.4. The predicted octanol–water partition coefficient (Wildman–Crippen LogP) is 3.16. The topological polar surface area (TPSA) is 104 Å². The van der Waals surface area contributed by atoms with Crippen molar-refractivity contribution >= 4 is 29.0 Å². The molecule has 148 valence electrons. The molecule has 29 heavy (non-hydrogen) atoms. The second-order valence-electron chi connectivity index (χ2n) is 6.63. The molecule has 0 saturated carbocycles. The first-order valence-corrected chi connectivity index (χ1v) is 9.77. The molecule has 0 radical (unpaired) electrons. The van der Waals surface area contributed by atoms with Crippen LogP contribution in [0.15, 0.2) is 48.5 Å². The highest BCUT2D eigenvalue weighted by Gasteiger charge is 2.31. The third-order valence-electron chi connectivity index (χ3n) is 4.72. The van der Waals surface area contributed by atoms with Gasteiger partial charge in [-0.3, -0.25) is 9.59 Å². The van der Waals surface area contributed by atoms with E-state index in [1.807, 2.05) is 36.4 Å². The molecule has 2 heterocycles. The second-order valence-corrected chi connectivity index (χ2v) is 7.43. The third-order valence-corrected chi connectivity index (χ3v) is 5.68. The molecule has 1 aliphatic rings. The number of rotatable bonds is 6. The van der Waals surface area contributed by atoms with Crippen molar-refractivity contribution in [3.05, 3.63) is 59.0 Å². The van der Waals surface area contributed by atoms with Gasteiger partial charge in [-0.25, -0.2) is 0 Å². The third kappa shape index (κ3) is 3.93. The highest BCUT2D eigenvalue weighted by Crippen LogP contribution is 2.45. The summed E-state index contributed by atoms with van der Waals surface area (Å²) in [5, 5.41) is 2.98. The highest BCUT2D eigenvalue weighted by atomic mass is 32.1. The molecule has 8 heteroatoms. The van der Waals surface area contributed by atoms with E-state index in [9.17, 15) is 9.59 Å². The van der Waals surface area contributed by atoms with E-state index in [0.29, 0.717) is 12.2 Å². The summed E-state index contributed by atoms with van der Waals surface area (Å²) in [4.78, 5) is 24.3. The van der Waals surface area contributed by atoms with E-state index >= 15 is 0 Å². The van der Waals surface area contributed by atoms with E-state index < -0.39 is 5.91 Å². The first kappa shape index (κ1) is 18.9. The Morgan fingerprint density at radius 1 is 1.17 bits per heavy atom. The van der Waals surface area contributed by atoms with Gasteiger partial charge in [0.25, 0.3) is 5.91 Å². The van der Waals surface area contributed by atoms with Crippen molar-refractivity contribution in [3.63, 3.8) is 0 Å². The Labute approximate surface area is 171 Å². The summed E-state index contributed by atoms with van der Waals surface area (Å²) in [6.45, 7) is -0.171. The average Bonchev–Trinajstić information content (AvgIpc) is 3.16. The summed E-state index contributed by atoms with van der Waals surface area (Å²) in [5.41, 5.74) is 8.52. The average molecular weight is 409 g/mol. The summed E-state index contributed by atoms with van der Waals surface area (Å²) in [5.74, 6) is 0.646. The number of aromatic nitrogens is 1. The number of nitrogens with one attached hydrogen (secondary N) is 1. The van der Waals surface area contributed by atoms with E-state index in [-0.39, 0.29) is 18.4 Å². The zero-order valence-electron chi connectivity index (χ0n) is 15.7. The lowest BCUT2D eigenvalue weighted by Gasteiger charge is -2.23. The fraction of sp³-hybridized carbons (Fsp3) is 0.190. The van der Waals surface area contributed by atoms with Crippen LogP contribution in [-0.4, -0.2) is 29.9 Å². The van der Waals surface area contributed by atoms with E-state index in [2.05, 4.69) is 9.69 Å². The van der Waals surface area contributed by atoms with Gasteiger partial charge in [-0.05, 0) is 53.5 Å². The lowest BCUT2D eigenvalue weighted by molar-refractivity contribution is -0.120. The number of methoxy groups -OCH3 is 1. The van der Waals surface area contributed by atoms with Crippen molar-refractivity contribution in [1.82, 2.24) is 4.37 Å². The largest absolute Gasteiger partial charge is 0.497 e. The molecular formula is C21H19N3O4S. The van der Waals surface area contributed by atoms with Gasteiger partial charge in [0, 0.05) is 17.9 Å². The number of nitrogens with zero attached hydrogens (tertiary/aromatic N) is 1. The fourth-order valence-electron chi connectivity index (χ4n) is 3.30. The number of nitrogens with two attached hydrogens (primary N) is 1. The molecule has 0 saturated heterocycles. The molecule has 0 aliphatic carbocycles. The summed E-state index contributed by atoms with van der Waals surface area (Å²) < 4.78 is 15.1. The molecule has 4 rings (SSSR count). The number of primary amides is 1. The Morgan fingerprint density at radius 2 is 1.86 bits per heavy atom. The SMILES string of the molecule is COc1ccc(-c2nsc3c2NC(=O)CC3c2ccc(OCC(N)=O)cc2)cc1. The van der Waals surface area contributed by atoms with Gasteiger partial charge in [-0.15, -0.1) is 0 Å². The van der Waals surface area contributed by atoms with Crippen molar-refractivity contribution in [2.24, 2.45) is 5.73 Å². The van der Waals surface area contributed by atoms with Gasteiger partial charge in [-0.1, -0.05) is 12.1 Å². The van der Waals surface area contributed by atoms with E-state index in [4.69, 9.17) is 15.2 Å². The van der Waals surface area contributed by atoms with Crippen LogP contribution in [0.25, 0.3) is 11.3 Å². The minimum atomic E-state index is -0.529. The monoisotopic (exact) mass is 409 g/mol. The second kappa shape index (κ2) is 7.92. The zero-order valence-corrected chi connectivity index (χ0v) is 16.5. The Hall–Kier alpha value is -3.39. The molecule has 7 nitrogen and oxygen atoms in total. The number of ether oxygens (including phenoxy) is 2. The molecule has 1 unspecified atom stereocenters. The highest BCUT2D eigenvalue weighted by molar-refractivity contribution is 7.07. The van der Waals surface area contributed by atoms with Gasteiger partial charge >= 0.3 is 0 Å². The normalized spacial score (nSPS) is 15.3. The quantitative estimate of drug-likeness (QED) is 0.651. The Balaban J connectivity index is 1.64. The van der Waals surface area contributed by atoms with E-state index in [1.54, 1.807) is 19.2 Å². The van der Waals surface area contributed by atoms with Gasteiger partial charge in [0.2, 0.25) is 5.91 Å². The zero-order chi connectivity index (χ0) is 20.4. The van der Waals surface area contributed by atoms with Gasteiger partial charge < -0.3 is 20.5 Å². The lowest BCUT2D eigenvalue weighted by atomic mass is 9.89. The van der Waals surface area contributed by atoms with Gasteiger partial charge in [0.05, 0.1) is 17.7 Å². The van der Waals surface area contributed by atoms with E-state index in [0.717, 1.165) is 33.1 Å². The Morgan fingerprint density at radius 3 is 2.52 bits per heavy atom. The van der Waals surface area contributed by atoms with Crippen LogP contribution in [-0.2, 0) is 9.59 Å². The Kier molecular flexibility index (Phi) is 5.18. The first-order valence-electron chi connectivity index (χ1n) is 9.00. The minimum Gasteiger partial charge on any atom is -0.497 e. The number of hydrogen-bond acceptors (Lipinski definition) is 6. The predicted molar refractivity (Wildman–Crippen MR) is 110 cm³/mol. The standard InChI is InChI=1S/C21H19N3O4S/c1-27-14-6-4-13(5-7-14)19-20-21(29-24-19)16(10-18(26)23-20)12-2-8-15(9-3-12)28-11-17(22)25/h2-9,16H,10-11H2,1H3,(H2,22,25)(H,23,26). The molecule has 2 aromatic carbocycles. The van der Waals surface area contributed by atoms with Crippen LogP contribution < -0.4 is 20.5 Å². The van der Waals surface area contributed by atoms with Gasteiger partial charge in [-0.2, -0.15) is 4.37 Å². The number of amides is 2. The summed E-state index contributed by atoms with van der Waals surface area (Å²) in [7, 11) is 1.62. The van der Waals surface area contributed by atoms with Crippen LogP contribution in [0.5, 0.6) is 11.5 Å². The molecular weight excluding hydrogens is 390 g/mol. The number of benzene rings is 2. The maximum atomic E-state index is 12.4. The number of fused-ring (bicyclic) bond motifs is 1. The molecule has 0 bridgehead atoms. The van der Waals surface area contributed by atoms with Crippen LogP contribution in [0.4, 0.5) is 5.69 Å². The molecule has 0 spiro atoms. The van der Waals surface area contributed by atoms with Crippen LogP contribution in [0, 0.1) is 0 Å². The van der Waals surface area contributed by atoms with Crippen molar-refractivity contribution in [2.45, 2.75) is 12.3 Å². The molecule has 3 N–H and O–H groups in total. The molecule has 1 aliphatic heterocycles. The fourth-order valence-corrected chi connectivity index (χ4v) is 4.27. The van der Waals surface area contributed by atoms with Crippen molar-refractivity contribution < 1.29 is 19.1 Å². The van der Waals surface area contributed by atoms with Crippen LogP contribution >= 0.6 is 11.5 Å².